The summed E-state index contributed by atoms with van der Waals surface area (Å²) in [6.07, 6.45) is 9.36. The van der Waals surface area contributed by atoms with E-state index in [0.29, 0.717) is 6.54 Å². The Labute approximate surface area is 179 Å². The highest BCUT2D eigenvalue weighted by Gasteiger charge is 2.22. The summed E-state index contributed by atoms with van der Waals surface area (Å²) in [7, 11) is 1.81. The van der Waals surface area contributed by atoms with Crippen LogP contribution in [0.2, 0.25) is 0 Å². The second-order valence-corrected chi connectivity index (χ2v) is 8.31. The van der Waals surface area contributed by atoms with Gasteiger partial charge in [0.2, 0.25) is 0 Å². The van der Waals surface area contributed by atoms with Crippen molar-refractivity contribution in [2.45, 2.75) is 64.5 Å². The van der Waals surface area contributed by atoms with Crippen LogP contribution < -0.4 is 15.4 Å². The number of hydrogen-bond donors (Lipinski definition) is 2. The Hall–Kier alpha value is -2.57. The average molecular weight is 411 g/mol. The molecule has 1 saturated carbocycles. The minimum Gasteiger partial charge on any atom is -0.493 e. The second kappa shape index (κ2) is 10.5. The van der Waals surface area contributed by atoms with Crippen molar-refractivity contribution in [3.05, 3.63) is 41.5 Å². The van der Waals surface area contributed by atoms with Crippen LogP contribution in [0.25, 0.3) is 0 Å². The lowest BCUT2D eigenvalue weighted by molar-refractivity contribution is 0.296. The highest BCUT2D eigenvalue weighted by atomic mass is 16.5. The van der Waals surface area contributed by atoms with E-state index in [1.807, 2.05) is 13.1 Å². The topological polar surface area (TPSA) is 76.4 Å². The van der Waals surface area contributed by atoms with Gasteiger partial charge in [-0.1, -0.05) is 24.6 Å². The standard InChI is InChI=1S/C23H34N6O/c1-24-23(26-16-19-8-4-5-9-20(19)30-17-18-12-13-18)25-14-7-11-22-28-27-21-10-3-2-6-15-29(21)22/h4-5,8-9,18H,2-3,6-7,10-17H2,1H3,(H2,24,25,26). The molecule has 2 aromatic rings. The van der Waals surface area contributed by atoms with Gasteiger partial charge in [0, 0.05) is 45.1 Å². The van der Waals surface area contributed by atoms with Crippen LogP contribution in [0, 0.1) is 5.92 Å². The second-order valence-electron chi connectivity index (χ2n) is 8.31. The number of aryl methyl sites for hydroxylation is 2. The van der Waals surface area contributed by atoms with Gasteiger partial charge >= 0.3 is 0 Å². The molecule has 0 radical (unpaired) electrons. The molecule has 0 bridgehead atoms. The van der Waals surface area contributed by atoms with Crippen molar-refractivity contribution in [3.8, 4) is 5.75 Å². The van der Waals surface area contributed by atoms with Gasteiger partial charge in [-0.3, -0.25) is 4.99 Å². The molecule has 0 atom stereocenters. The zero-order chi connectivity index (χ0) is 20.6. The fourth-order valence-corrected chi connectivity index (χ4v) is 3.87. The highest BCUT2D eigenvalue weighted by Crippen LogP contribution is 2.30. The van der Waals surface area contributed by atoms with Crippen LogP contribution in [0.4, 0.5) is 0 Å². The van der Waals surface area contributed by atoms with E-state index in [-0.39, 0.29) is 0 Å². The summed E-state index contributed by atoms with van der Waals surface area (Å²) in [5.74, 6) is 4.82. The summed E-state index contributed by atoms with van der Waals surface area (Å²) in [6.45, 7) is 3.44. The Balaban J connectivity index is 1.21. The maximum atomic E-state index is 6.01. The average Bonchev–Trinajstić information content (AvgIpc) is 3.57. The molecule has 7 heteroatoms. The van der Waals surface area contributed by atoms with Gasteiger partial charge in [-0.15, -0.1) is 10.2 Å². The van der Waals surface area contributed by atoms with Gasteiger partial charge in [0.15, 0.2) is 5.96 Å². The van der Waals surface area contributed by atoms with Crippen molar-refractivity contribution in [2.24, 2.45) is 10.9 Å². The molecule has 1 aliphatic heterocycles. The van der Waals surface area contributed by atoms with Gasteiger partial charge in [-0.2, -0.15) is 0 Å². The summed E-state index contributed by atoms with van der Waals surface area (Å²) in [5.41, 5.74) is 1.16. The van der Waals surface area contributed by atoms with Crippen LogP contribution in [0.3, 0.4) is 0 Å². The third-order valence-corrected chi connectivity index (χ3v) is 5.87. The molecule has 7 nitrogen and oxygen atoms in total. The summed E-state index contributed by atoms with van der Waals surface area (Å²) in [4.78, 5) is 4.35. The van der Waals surface area contributed by atoms with Gasteiger partial charge in [0.25, 0.3) is 0 Å². The molecule has 30 heavy (non-hydrogen) atoms. The van der Waals surface area contributed by atoms with Crippen LogP contribution in [0.1, 0.15) is 55.7 Å². The number of benzene rings is 1. The third kappa shape index (κ3) is 5.74. The van der Waals surface area contributed by atoms with Crippen LogP contribution in [0.5, 0.6) is 5.75 Å². The quantitative estimate of drug-likeness (QED) is 0.377. The molecule has 1 aromatic heterocycles. The van der Waals surface area contributed by atoms with Crippen molar-refractivity contribution >= 4 is 5.96 Å². The van der Waals surface area contributed by atoms with Crippen molar-refractivity contribution < 1.29 is 4.74 Å². The van der Waals surface area contributed by atoms with Gasteiger partial charge in [0.1, 0.15) is 17.4 Å². The van der Waals surface area contributed by atoms with Gasteiger partial charge in [0.05, 0.1) is 6.61 Å². The van der Waals surface area contributed by atoms with Crippen LogP contribution >= 0.6 is 0 Å². The number of ether oxygens (including phenoxy) is 1. The number of rotatable bonds is 9. The first-order valence-corrected chi connectivity index (χ1v) is 11.4. The zero-order valence-corrected chi connectivity index (χ0v) is 18.1. The first kappa shape index (κ1) is 20.7. The van der Waals surface area contributed by atoms with E-state index in [0.717, 1.165) is 73.8 Å². The van der Waals surface area contributed by atoms with E-state index in [4.69, 9.17) is 4.74 Å². The number of hydrogen-bond acceptors (Lipinski definition) is 4. The number of aliphatic imine (C=N–C) groups is 1. The Morgan fingerprint density at radius 3 is 2.93 bits per heavy atom. The predicted octanol–water partition coefficient (Wildman–Crippen LogP) is 3.09. The first-order valence-electron chi connectivity index (χ1n) is 11.4. The Morgan fingerprint density at radius 1 is 1.17 bits per heavy atom. The number of aromatic nitrogens is 3. The molecule has 0 spiro atoms. The Morgan fingerprint density at radius 2 is 2.07 bits per heavy atom. The van der Waals surface area contributed by atoms with E-state index < -0.39 is 0 Å². The normalized spacial score (nSPS) is 16.6. The molecule has 2 heterocycles. The maximum absolute atomic E-state index is 6.01. The van der Waals surface area contributed by atoms with E-state index in [1.165, 1.54) is 32.1 Å². The lowest BCUT2D eigenvalue weighted by Gasteiger charge is -2.15. The lowest BCUT2D eigenvalue weighted by Crippen LogP contribution is -2.37. The Bertz CT molecular complexity index is 842. The maximum Gasteiger partial charge on any atom is 0.191 e. The van der Waals surface area contributed by atoms with E-state index in [9.17, 15) is 0 Å². The minimum absolute atomic E-state index is 0.693. The van der Waals surface area contributed by atoms with Gasteiger partial charge in [-0.25, -0.2) is 0 Å². The highest BCUT2D eigenvalue weighted by molar-refractivity contribution is 5.79. The molecular weight excluding hydrogens is 376 g/mol. The van der Waals surface area contributed by atoms with Crippen molar-refractivity contribution in [3.63, 3.8) is 0 Å². The molecule has 1 fully saturated rings. The molecule has 0 unspecified atom stereocenters. The van der Waals surface area contributed by atoms with Crippen molar-refractivity contribution in [2.75, 3.05) is 20.2 Å². The first-order chi connectivity index (χ1) is 14.8. The smallest absolute Gasteiger partial charge is 0.191 e. The van der Waals surface area contributed by atoms with E-state index in [2.05, 4.69) is 48.6 Å². The molecule has 4 rings (SSSR count). The molecule has 1 aromatic carbocycles. The summed E-state index contributed by atoms with van der Waals surface area (Å²) in [6, 6.07) is 8.25. The number of para-hydroxylation sites is 1. The molecule has 2 N–H and O–H groups in total. The number of nitrogens with one attached hydrogen (secondary N) is 2. The van der Waals surface area contributed by atoms with Gasteiger partial charge < -0.3 is 19.9 Å². The molecule has 0 amide bonds. The fourth-order valence-electron chi connectivity index (χ4n) is 3.87. The largest absolute Gasteiger partial charge is 0.493 e. The van der Waals surface area contributed by atoms with E-state index >= 15 is 0 Å². The number of guanidine groups is 1. The van der Waals surface area contributed by atoms with Crippen molar-refractivity contribution in [1.82, 2.24) is 25.4 Å². The number of nitrogens with zero attached hydrogens (tertiary/aromatic N) is 4. The molecule has 0 saturated heterocycles. The molecule has 162 valence electrons. The summed E-state index contributed by atoms with van der Waals surface area (Å²) < 4.78 is 8.34. The van der Waals surface area contributed by atoms with Gasteiger partial charge in [-0.05, 0) is 44.1 Å². The Kier molecular flexibility index (Phi) is 7.21. The number of fused-ring (bicyclic) bond motifs is 1. The molecular formula is C23H34N6O. The van der Waals surface area contributed by atoms with E-state index in [1.54, 1.807) is 0 Å². The minimum atomic E-state index is 0.693. The van der Waals surface area contributed by atoms with Crippen LogP contribution in [-0.4, -0.2) is 40.9 Å². The SMILES string of the molecule is CN=C(NCCCc1nnc2n1CCCCC2)NCc1ccccc1OCC1CC1. The summed E-state index contributed by atoms with van der Waals surface area (Å²) >= 11 is 0. The molecule has 1 aliphatic carbocycles. The van der Waals surface area contributed by atoms with Crippen molar-refractivity contribution in [1.29, 1.82) is 0 Å². The fraction of sp³-hybridized carbons (Fsp3) is 0.609. The molecule has 2 aliphatic rings. The predicted molar refractivity (Wildman–Crippen MR) is 119 cm³/mol. The summed E-state index contributed by atoms with van der Waals surface area (Å²) in [5, 5.41) is 15.6. The lowest BCUT2D eigenvalue weighted by atomic mass is 10.2. The monoisotopic (exact) mass is 410 g/mol. The third-order valence-electron chi connectivity index (χ3n) is 5.87. The zero-order valence-electron chi connectivity index (χ0n) is 18.1. The van der Waals surface area contributed by atoms with Crippen LogP contribution in [0.15, 0.2) is 29.3 Å². The van der Waals surface area contributed by atoms with Crippen LogP contribution in [-0.2, 0) is 25.9 Å².